The van der Waals surface area contributed by atoms with Crippen molar-refractivity contribution >= 4 is 11.9 Å². The lowest BCUT2D eigenvalue weighted by Gasteiger charge is -2.12. The van der Waals surface area contributed by atoms with Gasteiger partial charge in [-0.1, -0.05) is 0 Å². The predicted octanol–water partition coefficient (Wildman–Crippen LogP) is -0.533. The zero-order valence-corrected chi connectivity index (χ0v) is 6.79. The highest BCUT2D eigenvalue weighted by molar-refractivity contribution is 5.85. The molecule has 0 aromatic rings. The Kier molecular flexibility index (Phi) is 4.90. The molecule has 0 aromatic carbocycles. The number of amides is 1. The van der Waals surface area contributed by atoms with Crippen LogP contribution in [0.25, 0.3) is 0 Å². The SMILES string of the molecule is COCC(NC(=O)C(F)F)C(=O)O. The number of halogens is 2. The van der Waals surface area contributed by atoms with Crippen molar-refractivity contribution in [1.29, 1.82) is 0 Å². The zero-order valence-electron chi connectivity index (χ0n) is 6.79. The first-order chi connectivity index (χ1) is 5.99. The molecule has 13 heavy (non-hydrogen) atoms. The van der Waals surface area contributed by atoms with Crippen LogP contribution in [-0.2, 0) is 14.3 Å². The van der Waals surface area contributed by atoms with Gasteiger partial charge in [0.15, 0.2) is 6.04 Å². The topological polar surface area (TPSA) is 75.6 Å². The summed E-state index contributed by atoms with van der Waals surface area (Å²) in [6, 6.07) is -1.44. The highest BCUT2D eigenvalue weighted by atomic mass is 19.3. The summed E-state index contributed by atoms with van der Waals surface area (Å²) >= 11 is 0. The van der Waals surface area contributed by atoms with E-state index in [4.69, 9.17) is 5.11 Å². The molecule has 0 radical (unpaired) electrons. The van der Waals surface area contributed by atoms with Crippen LogP contribution in [0.3, 0.4) is 0 Å². The third-order valence-corrected chi connectivity index (χ3v) is 1.15. The first kappa shape index (κ1) is 11.8. The lowest BCUT2D eigenvalue weighted by atomic mass is 10.3. The first-order valence-corrected chi connectivity index (χ1v) is 3.29. The maximum Gasteiger partial charge on any atom is 0.328 e. The van der Waals surface area contributed by atoms with Crippen LogP contribution in [0, 0.1) is 0 Å². The molecule has 0 saturated heterocycles. The molecule has 5 nitrogen and oxygen atoms in total. The van der Waals surface area contributed by atoms with E-state index in [0.29, 0.717) is 0 Å². The molecule has 0 aliphatic rings. The summed E-state index contributed by atoms with van der Waals surface area (Å²) in [5.41, 5.74) is 0. The lowest BCUT2D eigenvalue weighted by molar-refractivity contribution is -0.145. The molecule has 0 rings (SSSR count). The summed E-state index contributed by atoms with van der Waals surface area (Å²) in [5.74, 6) is -3.04. The van der Waals surface area contributed by atoms with Gasteiger partial charge in [0.05, 0.1) is 6.61 Å². The number of alkyl halides is 2. The van der Waals surface area contributed by atoms with E-state index in [2.05, 4.69) is 4.74 Å². The van der Waals surface area contributed by atoms with E-state index in [1.54, 1.807) is 5.32 Å². The van der Waals surface area contributed by atoms with Crippen LogP contribution in [0.2, 0.25) is 0 Å². The molecular weight excluding hydrogens is 188 g/mol. The van der Waals surface area contributed by atoms with Gasteiger partial charge in [-0.3, -0.25) is 4.79 Å². The molecule has 0 spiro atoms. The Morgan fingerprint density at radius 3 is 2.38 bits per heavy atom. The number of carboxylic acids is 1. The molecule has 7 heteroatoms. The van der Waals surface area contributed by atoms with Gasteiger partial charge in [-0.2, -0.15) is 8.78 Å². The summed E-state index contributed by atoms with van der Waals surface area (Å²) in [6.07, 6.45) is -3.22. The summed E-state index contributed by atoms with van der Waals surface area (Å²) in [7, 11) is 1.20. The second-order valence-electron chi connectivity index (χ2n) is 2.16. The van der Waals surface area contributed by atoms with E-state index >= 15 is 0 Å². The average Bonchev–Trinajstić information content (AvgIpc) is 2.03. The van der Waals surface area contributed by atoms with Crippen molar-refractivity contribution in [2.24, 2.45) is 0 Å². The predicted molar refractivity (Wildman–Crippen MR) is 37.4 cm³/mol. The highest BCUT2D eigenvalue weighted by Gasteiger charge is 2.24. The van der Waals surface area contributed by atoms with E-state index in [-0.39, 0.29) is 6.61 Å². The average molecular weight is 197 g/mol. The first-order valence-electron chi connectivity index (χ1n) is 3.29. The number of carbonyl (C=O) groups is 2. The Bertz CT molecular complexity index is 197. The molecule has 1 atom stereocenters. The van der Waals surface area contributed by atoms with Crippen molar-refractivity contribution in [3.63, 3.8) is 0 Å². The second kappa shape index (κ2) is 5.41. The fourth-order valence-corrected chi connectivity index (χ4v) is 0.576. The molecule has 0 saturated carbocycles. The number of carboxylic acid groups (broad SMARTS) is 1. The number of methoxy groups -OCH3 is 1. The third-order valence-electron chi connectivity index (χ3n) is 1.15. The molecule has 1 amide bonds. The number of carbonyl (C=O) groups excluding carboxylic acids is 1. The second-order valence-corrected chi connectivity index (χ2v) is 2.16. The van der Waals surface area contributed by atoms with Crippen LogP contribution in [0.5, 0.6) is 0 Å². The van der Waals surface area contributed by atoms with Gasteiger partial charge >= 0.3 is 12.4 Å². The van der Waals surface area contributed by atoms with Crippen molar-refractivity contribution in [3.8, 4) is 0 Å². The van der Waals surface area contributed by atoms with Gasteiger partial charge < -0.3 is 15.2 Å². The standard InChI is InChI=1S/C6H9F2NO4/c1-13-2-3(6(11)12)9-5(10)4(7)8/h3-4H,2H2,1H3,(H,9,10)(H,11,12). The molecule has 0 bridgehead atoms. The maximum absolute atomic E-state index is 11.6. The minimum absolute atomic E-state index is 0.353. The Morgan fingerprint density at radius 1 is 1.54 bits per heavy atom. The minimum Gasteiger partial charge on any atom is -0.480 e. The van der Waals surface area contributed by atoms with Crippen molar-refractivity contribution in [2.45, 2.75) is 12.5 Å². The quantitative estimate of drug-likeness (QED) is 0.621. The van der Waals surface area contributed by atoms with Crippen LogP contribution in [-0.4, -0.2) is 43.2 Å². The molecule has 76 valence electrons. The molecule has 0 aromatic heterocycles. The number of aliphatic carboxylic acids is 1. The van der Waals surface area contributed by atoms with Crippen molar-refractivity contribution in [1.82, 2.24) is 5.32 Å². The fraction of sp³-hybridized carbons (Fsp3) is 0.667. The molecule has 0 aliphatic carbocycles. The van der Waals surface area contributed by atoms with E-state index in [1.807, 2.05) is 0 Å². The van der Waals surface area contributed by atoms with E-state index in [1.165, 1.54) is 7.11 Å². The van der Waals surface area contributed by atoms with Crippen molar-refractivity contribution < 1.29 is 28.2 Å². The van der Waals surface area contributed by atoms with Gasteiger partial charge in [-0.05, 0) is 0 Å². The molecular formula is C6H9F2NO4. The van der Waals surface area contributed by atoms with Crippen LogP contribution in [0.15, 0.2) is 0 Å². The smallest absolute Gasteiger partial charge is 0.328 e. The summed E-state index contributed by atoms with van der Waals surface area (Å²) in [6.45, 7) is -0.353. The number of hydrogen-bond donors (Lipinski definition) is 2. The van der Waals surface area contributed by atoms with Gasteiger partial charge in [0.1, 0.15) is 0 Å². The number of hydrogen-bond acceptors (Lipinski definition) is 3. The largest absolute Gasteiger partial charge is 0.480 e. The zero-order chi connectivity index (χ0) is 10.4. The minimum atomic E-state index is -3.22. The fourth-order valence-electron chi connectivity index (χ4n) is 0.576. The number of ether oxygens (including phenoxy) is 1. The monoisotopic (exact) mass is 197 g/mol. The Balaban J connectivity index is 4.10. The number of rotatable bonds is 5. The Hall–Kier alpha value is -1.24. The number of nitrogens with one attached hydrogen (secondary N) is 1. The molecule has 0 aliphatic heterocycles. The molecule has 0 heterocycles. The van der Waals surface area contributed by atoms with Crippen LogP contribution in [0.4, 0.5) is 8.78 Å². The van der Waals surface area contributed by atoms with Gasteiger partial charge in [0, 0.05) is 7.11 Å². The van der Waals surface area contributed by atoms with Crippen molar-refractivity contribution in [2.75, 3.05) is 13.7 Å². The molecule has 2 N–H and O–H groups in total. The lowest BCUT2D eigenvalue weighted by Crippen LogP contribution is -2.46. The van der Waals surface area contributed by atoms with Crippen LogP contribution < -0.4 is 5.32 Å². The third kappa shape index (κ3) is 4.36. The van der Waals surface area contributed by atoms with Gasteiger partial charge in [-0.25, -0.2) is 4.79 Å². The van der Waals surface area contributed by atoms with E-state index in [0.717, 1.165) is 0 Å². The van der Waals surface area contributed by atoms with Crippen LogP contribution in [0.1, 0.15) is 0 Å². The van der Waals surface area contributed by atoms with Gasteiger partial charge in [0.25, 0.3) is 5.91 Å². The Morgan fingerprint density at radius 2 is 2.08 bits per heavy atom. The van der Waals surface area contributed by atoms with Crippen LogP contribution >= 0.6 is 0 Å². The molecule has 0 fully saturated rings. The summed E-state index contributed by atoms with van der Waals surface area (Å²) in [4.78, 5) is 20.7. The molecule has 1 unspecified atom stereocenters. The highest BCUT2D eigenvalue weighted by Crippen LogP contribution is 1.93. The van der Waals surface area contributed by atoms with Crippen molar-refractivity contribution in [3.05, 3.63) is 0 Å². The summed E-state index contributed by atoms with van der Waals surface area (Å²) < 4.78 is 27.7. The normalized spacial score (nSPS) is 12.6. The van der Waals surface area contributed by atoms with Gasteiger partial charge in [-0.15, -0.1) is 0 Å². The van der Waals surface area contributed by atoms with E-state index in [9.17, 15) is 18.4 Å². The maximum atomic E-state index is 11.6. The van der Waals surface area contributed by atoms with E-state index < -0.39 is 24.3 Å². The van der Waals surface area contributed by atoms with Gasteiger partial charge in [0.2, 0.25) is 0 Å². The summed E-state index contributed by atoms with van der Waals surface area (Å²) in [5, 5.41) is 10.00. The Labute approximate surface area is 72.7 Å².